The molecule has 86 valence electrons. The van der Waals surface area contributed by atoms with E-state index in [-0.39, 0.29) is 0 Å². The number of hydrogen-bond acceptors (Lipinski definition) is 1. The third-order valence-electron chi connectivity index (χ3n) is 3.28. The summed E-state index contributed by atoms with van der Waals surface area (Å²) in [6.45, 7) is 2.25. The molecule has 0 atom stereocenters. The Balaban J connectivity index is 2.20. The van der Waals surface area contributed by atoms with Crippen LogP contribution in [0, 0.1) is 0 Å². The van der Waals surface area contributed by atoms with Crippen molar-refractivity contribution in [3.05, 3.63) is 34.9 Å². The molecule has 0 radical (unpaired) electrons. The quantitative estimate of drug-likeness (QED) is 0.732. The molecule has 0 spiro atoms. The standard InChI is InChI=1S/C15H20O/c1-3-4-5-12-6-7-13-8-9-15(16-2)11-14(13)10-12/h8-11H,3-7H2,1-2H3. The highest BCUT2D eigenvalue weighted by molar-refractivity contribution is 5.61. The van der Waals surface area contributed by atoms with Crippen molar-refractivity contribution < 1.29 is 4.74 Å². The van der Waals surface area contributed by atoms with Crippen LogP contribution in [0.3, 0.4) is 0 Å². The molecule has 16 heavy (non-hydrogen) atoms. The molecular weight excluding hydrogens is 196 g/mol. The topological polar surface area (TPSA) is 9.23 Å². The minimum Gasteiger partial charge on any atom is -0.497 e. The van der Waals surface area contributed by atoms with Crippen molar-refractivity contribution in [1.82, 2.24) is 0 Å². The molecule has 0 unspecified atom stereocenters. The fourth-order valence-electron chi connectivity index (χ4n) is 2.25. The zero-order valence-corrected chi connectivity index (χ0v) is 10.3. The van der Waals surface area contributed by atoms with Crippen LogP contribution in [0.2, 0.25) is 0 Å². The van der Waals surface area contributed by atoms with Crippen LogP contribution in [-0.2, 0) is 6.42 Å². The van der Waals surface area contributed by atoms with Crippen LogP contribution in [0.4, 0.5) is 0 Å². The molecule has 0 amide bonds. The van der Waals surface area contributed by atoms with Gasteiger partial charge in [0, 0.05) is 0 Å². The Labute approximate surface area is 98.1 Å². The van der Waals surface area contributed by atoms with Crippen molar-refractivity contribution in [2.24, 2.45) is 0 Å². The van der Waals surface area contributed by atoms with Gasteiger partial charge in [0.15, 0.2) is 0 Å². The Hall–Kier alpha value is -1.24. The van der Waals surface area contributed by atoms with Crippen LogP contribution in [0.25, 0.3) is 6.08 Å². The second-order valence-electron chi connectivity index (χ2n) is 4.47. The Bertz CT molecular complexity index is 390. The van der Waals surface area contributed by atoms with Crippen molar-refractivity contribution >= 4 is 6.08 Å². The lowest BCUT2D eigenvalue weighted by atomic mass is 9.90. The van der Waals surface area contributed by atoms with Gasteiger partial charge in [-0.25, -0.2) is 0 Å². The second kappa shape index (κ2) is 5.20. The lowest BCUT2D eigenvalue weighted by Gasteiger charge is -2.17. The summed E-state index contributed by atoms with van der Waals surface area (Å²) in [6, 6.07) is 6.41. The van der Waals surface area contributed by atoms with Gasteiger partial charge in [-0.3, -0.25) is 0 Å². The van der Waals surface area contributed by atoms with Gasteiger partial charge in [0.25, 0.3) is 0 Å². The van der Waals surface area contributed by atoms with Crippen molar-refractivity contribution in [3.63, 3.8) is 0 Å². The van der Waals surface area contributed by atoms with Crippen molar-refractivity contribution in [2.75, 3.05) is 7.11 Å². The lowest BCUT2D eigenvalue weighted by molar-refractivity contribution is 0.414. The van der Waals surface area contributed by atoms with E-state index in [1.807, 2.05) is 0 Å². The van der Waals surface area contributed by atoms with E-state index < -0.39 is 0 Å². The first-order chi connectivity index (χ1) is 7.83. The number of benzene rings is 1. The fraction of sp³-hybridized carbons (Fsp3) is 0.467. The van der Waals surface area contributed by atoms with E-state index in [0.29, 0.717) is 0 Å². The van der Waals surface area contributed by atoms with E-state index in [2.05, 4.69) is 31.2 Å². The molecular formula is C15H20O. The normalized spacial score (nSPS) is 14.2. The third kappa shape index (κ3) is 2.46. The van der Waals surface area contributed by atoms with Crippen molar-refractivity contribution in [1.29, 1.82) is 0 Å². The molecule has 1 heteroatoms. The van der Waals surface area contributed by atoms with Gasteiger partial charge in [0.1, 0.15) is 5.75 Å². The Kier molecular flexibility index (Phi) is 3.66. The minimum absolute atomic E-state index is 0.965. The van der Waals surface area contributed by atoms with Crippen LogP contribution in [0.15, 0.2) is 23.8 Å². The largest absolute Gasteiger partial charge is 0.497 e. The number of hydrogen-bond donors (Lipinski definition) is 0. The molecule has 0 N–H and O–H groups in total. The maximum Gasteiger partial charge on any atom is 0.119 e. The zero-order chi connectivity index (χ0) is 11.4. The Morgan fingerprint density at radius 2 is 2.12 bits per heavy atom. The third-order valence-corrected chi connectivity index (χ3v) is 3.28. The molecule has 1 nitrogen and oxygen atoms in total. The Morgan fingerprint density at radius 3 is 2.88 bits per heavy atom. The number of methoxy groups -OCH3 is 1. The van der Waals surface area contributed by atoms with Crippen molar-refractivity contribution in [3.8, 4) is 5.75 Å². The average Bonchev–Trinajstić information content (AvgIpc) is 2.35. The number of ether oxygens (including phenoxy) is 1. The van der Waals surface area contributed by atoms with E-state index in [1.54, 1.807) is 12.7 Å². The SMILES string of the molecule is CCCCC1=Cc2cc(OC)ccc2CC1. The minimum atomic E-state index is 0.965. The molecule has 0 saturated heterocycles. The molecule has 0 heterocycles. The van der Waals surface area contributed by atoms with Crippen LogP contribution in [0.5, 0.6) is 5.75 Å². The molecule has 0 aromatic heterocycles. The molecule has 0 saturated carbocycles. The van der Waals surface area contributed by atoms with Crippen molar-refractivity contribution in [2.45, 2.75) is 39.0 Å². The van der Waals surface area contributed by atoms with E-state index in [0.717, 1.165) is 5.75 Å². The molecule has 0 bridgehead atoms. The van der Waals surface area contributed by atoms with Crippen LogP contribution < -0.4 is 4.74 Å². The van der Waals surface area contributed by atoms with E-state index in [4.69, 9.17) is 4.74 Å². The Morgan fingerprint density at radius 1 is 1.25 bits per heavy atom. The number of rotatable bonds is 4. The summed E-state index contributed by atoms with van der Waals surface area (Å²) in [5, 5.41) is 0. The molecule has 1 aromatic carbocycles. The smallest absolute Gasteiger partial charge is 0.119 e. The van der Waals surface area contributed by atoms with Gasteiger partial charge in [-0.1, -0.05) is 31.1 Å². The molecule has 1 aliphatic rings. The van der Waals surface area contributed by atoms with Crippen LogP contribution >= 0.6 is 0 Å². The van der Waals surface area contributed by atoms with Gasteiger partial charge in [0.05, 0.1) is 7.11 Å². The summed E-state index contributed by atoms with van der Waals surface area (Å²) in [4.78, 5) is 0. The van der Waals surface area contributed by atoms with E-state index in [9.17, 15) is 0 Å². The van der Waals surface area contributed by atoms with Gasteiger partial charge in [-0.15, -0.1) is 0 Å². The van der Waals surface area contributed by atoms with Gasteiger partial charge in [-0.05, 0) is 48.9 Å². The highest BCUT2D eigenvalue weighted by Crippen LogP contribution is 2.29. The molecule has 0 fully saturated rings. The summed E-state index contributed by atoms with van der Waals surface area (Å²) < 4.78 is 5.27. The second-order valence-corrected chi connectivity index (χ2v) is 4.47. The lowest BCUT2D eigenvalue weighted by Crippen LogP contribution is -2.00. The molecule has 0 aliphatic heterocycles. The van der Waals surface area contributed by atoms with Crippen LogP contribution in [-0.4, -0.2) is 7.11 Å². The number of allylic oxidation sites excluding steroid dienone is 1. The van der Waals surface area contributed by atoms with Gasteiger partial charge >= 0.3 is 0 Å². The first kappa shape index (κ1) is 11.3. The van der Waals surface area contributed by atoms with E-state index in [1.165, 1.54) is 43.2 Å². The first-order valence-corrected chi connectivity index (χ1v) is 6.20. The number of unbranched alkanes of at least 4 members (excludes halogenated alkanes) is 1. The highest BCUT2D eigenvalue weighted by Gasteiger charge is 2.10. The summed E-state index contributed by atoms with van der Waals surface area (Å²) in [7, 11) is 1.73. The average molecular weight is 216 g/mol. The first-order valence-electron chi connectivity index (χ1n) is 6.20. The number of aryl methyl sites for hydroxylation is 1. The summed E-state index contributed by atoms with van der Waals surface area (Å²) >= 11 is 0. The number of fused-ring (bicyclic) bond motifs is 1. The maximum absolute atomic E-state index is 5.27. The van der Waals surface area contributed by atoms with Crippen LogP contribution in [0.1, 0.15) is 43.7 Å². The molecule has 1 aromatic rings. The van der Waals surface area contributed by atoms with Gasteiger partial charge < -0.3 is 4.74 Å². The monoisotopic (exact) mass is 216 g/mol. The fourth-order valence-corrected chi connectivity index (χ4v) is 2.25. The summed E-state index contributed by atoms with van der Waals surface area (Å²) in [6.07, 6.45) is 8.63. The van der Waals surface area contributed by atoms with E-state index >= 15 is 0 Å². The highest BCUT2D eigenvalue weighted by atomic mass is 16.5. The van der Waals surface area contributed by atoms with Gasteiger partial charge in [0.2, 0.25) is 0 Å². The molecule has 1 aliphatic carbocycles. The summed E-state index contributed by atoms with van der Waals surface area (Å²) in [5.74, 6) is 0.965. The molecule has 2 rings (SSSR count). The van der Waals surface area contributed by atoms with Gasteiger partial charge in [-0.2, -0.15) is 0 Å². The zero-order valence-electron chi connectivity index (χ0n) is 10.3. The predicted molar refractivity (Wildman–Crippen MR) is 68.8 cm³/mol. The predicted octanol–water partition coefficient (Wildman–Crippen LogP) is 4.22. The maximum atomic E-state index is 5.27. The summed E-state index contributed by atoms with van der Waals surface area (Å²) in [5.41, 5.74) is 4.42.